The van der Waals surface area contributed by atoms with Gasteiger partial charge in [-0.15, -0.1) is 0 Å². The molecule has 1 unspecified atom stereocenters. The molecule has 0 amide bonds. The molecule has 0 aliphatic rings. The first-order valence-electron chi connectivity index (χ1n) is 3.34. The molecule has 1 atom stereocenters. The summed E-state index contributed by atoms with van der Waals surface area (Å²) in [7, 11) is 0. The van der Waals surface area contributed by atoms with Crippen molar-refractivity contribution < 1.29 is 17.9 Å². The van der Waals surface area contributed by atoms with Crippen LogP contribution in [0.4, 0.5) is 18.2 Å². The molecule has 1 aromatic rings. The van der Waals surface area contributed by atoms with E-state index in [2.05, 4.69) is 9.72 Å². The second-order valence-electron chi connectivity index (χ2n) is 2.33. The van der Waals surface area contributed by atoms with Crippen molar-refractivity contribution in [3.8, 4) is 5.19 Å². The van der Waals surface area contributed by atoms with E-state index in [1.54, 1.807) is 0 Å². The molecular weight excluding hydrogens is 205 g/mol. The van der Waals surface area contributed by atoms with Crippen LogP contribution in [0.5, 0.6) is 5.19 Å². The number of thiazole rings is 1. The van der Waals surface area contributed by atoms with Gasteiger partial charge in [0.2, 0.25) is 0 Å². The minimum Gasteiger partial charge on any atom is -0.457 e. The Hall–Kier alpha value is -0.980. The van der Waals surface area contributed by atoms with Crippen LogP contribution in [0, 0.1) is 0 Å². The van der Waals surface area contributed by atoms with Gasteiger partial charge in [0.15, 0.2) is 6.10 Å². The van der Waals surface area contributed by atoms with Gasteiger partial charge in [-0.25, -0.2) is 4.98 Å². The fourth-order valence-corrected chi connectivity index (χ4v) is 1.15. The van der Waals surface area contributed by atoms with E-state index in [-0.39, 0.29) is 5.19 Å². The van der Waals surface area contributed by atoms with Crippen molar-refractivity contribution in [2.24, 2.45) is 0 Å². The van der Waals surface area contributed by atoms with E-state index in [1.807, 2.05) is 0 Å². The van der Waals surface area contributed by atoms with E-state index >= 15 is 0 Å². The van der Waals surface area contributed by atoms with Crippen molar-refractivity contribution in [2.45, 2.75) is 19.2 Å². The van der Waals surface area contributed by atoms with Gasteiger partial charge in [0.05, 0.1) is 6.20 Å². The fourth-order valence-electron chi connectivity index (χ4n) is 0.542. The monoisotopic (exact) mass is 212 g/mol. The van der Waals surface area contributed by atoms with Crippen molar-refractivity contribution in [1.82, 2.24) is 4.98 Å². The summed E-state index contributed by atoms with van der Waals surface area (Å²) < 4.78 is 40.4. The van der Waals surface area contributed by atoms with E-state index in [9.17, 15) is 13.2 Å². The van der Waals surface area contributed by atoms with Crippen molar-refractivity contribution in [1.29, 1.82) is 0 Å². The van der Waals surface area contributed by atoms with Crippen LogP contribution in [0.25, 0.3) is 0 Å². The lowest BCUT2D eigenvalue weighted by molar-refractivity contribution is -0.189. The van der Waals surface area contributed by atoms with Crippen molar-refractivity contribution in [2.75, 3.05) is 5.73 Å². The maximum atomic E-state index is 12.0. The summed E-state index contributed by atoms with van der Waals surface area (Å²) in [6.07, 6.45) is -4.98. The summed E-state index contributed by atoms with van der Waals surface area (Å²) in [6, 6.07) is 0. The number of nitrogens with two attached hydrogens (primary N) is 1. The summed E-state index contributed by atoms with van der Waals surface area (Å²) in [5.41, 5.74) is 5.26. The lowest BCUT2D eigenvalue weighted by Crippen LogP contribution is -2.31. The standard InChI is InChI=1S/C6H7F3N2OS/c1-3(6(7,8)9)12-5-11-2-4(10)13-5/h2-3H,10H2,1H3. The van der Waals surface area contributed by atoms with Crippen molar-refractivity contribution in [3.05, 3.63) is 6.20 Å². The molecule has 0 saturated carbocycles. The van der Waals surface area contributed by atoms with Gasteiger partial charge >= 0.3 is 6.18 Å². The van der Waals surface area contributed by atoms with Crippen molar-refractivity contribution in [3.63, 3.8) is 0 Å². The molecule has 1 aromatic heterocycles. The van der Waals surface area contributed by atoms with Gasteiger partial charge in [-0.2, -0.15) is 13.2 Å². The van der Waals surface area contributed by atoms with E-state index in [1.165, 1.54) is 6.20 Å². The summed E-state index contributed by atoms with van der Waals surface area (Å²) in [5, 5.41) is 0.256. The summed E-state index contributed by atoms with van der Waals surface area (Å²) in [4.78, 5) is 3.54. The SMILES string of the molecule is CC(Oc1ncc(N)s1)C(F)(F)F. The average Bonchev–Trinajstić information content (AvgIpc) is 2.33. The van der Waals surface area contributed by atoms with Crippen LogP contribution >= 0.6 is 11.3 Å². The smallest absolute Gasteiger partial charge is 0.425 e. The van der Waals surface area contributed by atoms with Crippen LogP contribution in [-0.2, 0) is 0 Å². The highest BCUT2D eigenvalue weighted by Gasteiger charge is 2.38. The Balaban J connectivity index is 2.60. The molecule has 74 valence electrons. The van der Waals surface area contributed by atoms with Crippen LogP contribution in [0.2, 0.25) is 0 Å². The molecular formula is C6H7F3N2OS. The molecule has 0 aromatic carbocycles. The van der Waals surface area contributed by atoms with Gasteiger partial charge in [-0.3, -0.25) is 0 Å². The Labute approximate surface area is 76.3 Å². The van der Waals surface area contributed by atoms with Crippen LogP contribution in [0.1, 0.15) is 6.92 Å². The number of aromatic nitrogens is 1. The third kappa shape index (κ3) is 2.76. The maximum Gasteiger partial charge on any atom is 0.425 e. The molecule has 3 nitrogen and oxygen atoms in total. The number of hydrogen-bond acceptors (Lipinski definition) is 4. The Morgan fingerprint density at radius 2 is 2.23 bits per heavy atom. The lowest BCUT2D eigenvalue weighted by Gasteiger charge is -2.14. The van der Waals surface area contributed by atoms with E-state index < -0.39 is 12.3 Å². The van der Waals surface area contributed by atoms with E-state index in [4.69, 9.17) is 5.73 Å². The Morgan fingerprint density at radius 1 is 1.62 bits per heavy atom. The van der Waals surface area contributed by atoms with Crippen LogP contribution in [0.3, 0.4) is 0 Å². The predicted molar refractivity (Wildman–Crippen MR) is 42.7 cm³/mol. The highest BCUT2D eigenvalue weighted by molar-refractivity contribution is 7.17. The van der Waals surface area contributed by atoms with Crippen LogP contribution in [0.15, 0.2) is 6.20 Å². The third-order valence-electron chi connectivity index (χ3n) is 1.24. The number of rotatable bonds is 2. The zero-order chi connectivity index (χ0) is 10.1. The van der Waals surface area contributed by atoms with Crippen molar-refractivity contribution >= 4 is 16.3 Å². The van der Waals surface area contributed by atoms with Gasteiger partial charge in [-0.05, 0) is 6.92 Å². The molecule has 0 bridgehead atoms. The first kappa shape index (κ1) is 10.1. The first-order chi connectivity index (χ1) is 5.89. The van der Waals surface area contributed by atoms with Gasteiger partial charge in [0.25, 0.3) is 5.19 Å². The molecule has 7 heteroatoms. The number of nitrogen functional groups attached to an aromatic ring is 1. The molecule has 0 saturated heterocycles. The van der Waals surface area contributed by atoms with E-state index in [0.717, 1.165) is 18.3 Å². The van der Waals surface area contributed by atoms with Gasteiger partial charge in [0.1, 0.15) is 5.00 Å². The van der Waals surface area contributed by atoms with Crippen LogP contribution < -0.4 is 10.5 Å². The summed E-state index contributed by atoms with van der Waals surface area (Å²) in [6.45, 7) is 0.914. The number of hydrogen-bond donors (Lipinski definition) is 1. The lowest BCUT2D eigenvalue weighted by atomic mass is 10.4. The molecule has 13 heavy (non-hydrogen) atoms. The van der Waals surface area contributed by atoms with E-state index in [0.29, 0.717) is 5.00 Å². The third-order valence-corrected chi connectivity index (χ3v) is 1.96. The highest BCUT2D eigenvalue weighted by Crippen LogP contribution is 2.28. The number of ether oxygens (including phenoxy) is 1. The molecule has 0 aliphatic heterocycles. The largest absolute Gasteiger partial charge is 0.457 e. The Bertz CT molecular complexity index is 286. The normalized spacial score (nSPS) is 14.2. The molecule has 0 aliphatic carbocycles. The first-order valence-corrected chi connectivity index (χ1v) is 4.16. The van der Waals surface area contributed by atoms with Crippen LogP contribution in [-0.4, -0.2) is 17.3 Å². The molecule has 0 fully saturated rings. The number of halogens is 3. The quantitative estimate of drug-likeness (QED) is 0.816. The number of nitrogens with zero attached hydrogens (tertiary/aromatic N) is 1. The minimum absolute atomic E-state index is 0.0673. The minimum atomic E-state index is -4.37. The molecule has 2 N–H and O–H groups in total. The maximum absolute atomic E-state index is 12.0. The van der Waals surface area contributed by atoms with Gasteiger partial charge in [0, 0.05) is 0 Å². The summed E-state index contributed by atoms with van der Waals surface area (Å²) >= 11 is 0.877. The van der Waals surface area contributed by atoms with Gasteiger partial charge in [-0.1, -0.05) is 11.3 Å². The highest BCUT2D eigenvalue weighted by atomic mass is 32.1. The topological polar surface area (TPSA) is 48.1 Å². The second kappa shape index (κ2) is 3.41. The fraction of sp³-hybridized carbons (Fsp3) is 0.500. The molecule has 0 spiro atoms. The molecule has 1 rings (SSSR count). The second-order valence-corrected chi connectivity index (χ2v) is 3.35. The predicted octanol–water partition coefficient (Wildman–Crippen LogP) is 2.05. The average molecular weight is 212 g/mol. The Kier molecular flexibility index (Phi) is 2.65. The number of anilines is 1. The zero-order valence-electron chi connectivity index (χ0n) is 6.63. The zero-order valence-corrected chi connectivity index (χ0v) is 7.45. The molecule has 1 heterocycles. The summed E-state index contributed by atoms with van der Waals surface area (Å²) in [5.74, 6) is 0. The number of alkyl halides is 3. The van der Waals surface area contributed by atoms with Gasteiger partial charge < -0.3 is 10.5 Å². The Morgan fingerprint density at radius 3 is 2.62 bits per heavy atom. The molecule has 0 radical (unpaired) electrons.